The van der Waals surface area contributed by atoms with Crippen LogP contribution in [-0.2, 0) is 47.7 Å². The quantitative estimate of drug-likeness (QED) is 0.0255. The van der Waals surface area contributed by atoms with E-state index >= 15 is 0 Å². The molecule has 344 valence electrons. The van der Waals surface area contributed by atoms with Gasteiger partial charge in [0, 0.05) is 63.9 Å². The Morgan fingerprint density at radius 2 is 1.47 bits per heavy atom. The number of aliphatic hydroxyl groups excluding tert-OH is 3. The fraction of sp³-hybridized carbons (Fsp3) is 0.842. The molecule has 3 rings (SSSR count). The summed E-state index contributed by atoms with van der Waals surface area (Å²) >= 11 is 1.88. The van der Waals surface area contributed by atoms with Crippen molar-refractivity contribution in [3.05, 3.63) is 0 Å². The van der Waals surface area contributed by atoms with Crippen LogP contribution in [0.3, 0.4) is 0 Å². The first-order chi connectivity index (χ1) is 28.9. The van der Waals surface area contributed by atoms with Crippen LogP contribution in [0.1, 0.15) is 71.6 Å². The highest BCUT2D eigenvalue weighted by molar-refractivity contribution is 8.00. The zero-order chi connectivity index (χ0) is 43.7. The molecule has 0 aliphatic carbocycles. The van der Waals surface area contributed by atoms with Gasteiger partial charge in [-0.2, -0.15) is 11.8 Å². The smallest absolute Gasteiger partial charge is 0.315 e. The topological polar surface area (TPSA) is 293 Å². The second-order valence-corrected chi connectivity index (χ2v) is 16.1. The lowest BCUT2D eigenvalue weighted by atomic mass is 9.97. The molecule has 0 spiro atoms. The van der Waals surface area contributed by atoms with Gasteiger partial charge in [-0.05, 0) is 38.5 Å². The van der Waals surface area contributed by atoms with Crippen molar-refractivity contribution in [2.24, 2.45) is 0 Å². The summed E-state index contributed by atoms with van der Waals surface area (Å²) in [7, 11) is 0. The highest BCUT2D eigenvalue weighted by Gasteiger charge is 2.45. The summed E-state index contributed by atoms with van der Waals surface area (Å²) in [5, 5.41) is 49.8. The van der Waals surface area contributed by atoms with Crippen LogP contribution in [0.2, 0.25) is 0 Å². The van der Waals surface area contributed by atoms with Gasteiger partial charge in [0.25, 0.3) is 0 Å². The number of rotatable bonds is 31. The first kappa shape index (κ1) is 51.0. The molecule has 9 atom stereocenters. The van der Waals surface area contributed by atoms with Crippen LogP contribution in [0.25, 0.3) is 0 Å². The van der Waals surface area contributed by atoms with Gasteiger partial charge in [0.05, 0.1) is 58.3 Å². The number of carbonyl (C=O) groups excluding carboxylic acids is 6. The number of aliphatic hydroxyl groups is 3. The van der Waals surface area contributed by atoms with Crippen molar-refractivity contribution in [2.45, 2.75) is 126 Å². The lowest BCUT2D eigenvalue weighted by Crippen LogP contribution is -2.64. The molecule has 3 heterocycles. The Hall–Kier alpha value is -3.35. The molecule has 21 nitrogen and oxygen atoms in total. The van der Waals surface area contributed by atoms with Gasteiger partial charge in [0.2, 0.25) is 29.5 Å². The maximum atomic E-state index is 12.8. The molecule has 0 bridgehead atoms. The fourth-order valence-corrected chi connectivity index (χ4v) is 8.39. The Bertz CT molecular complexity index is 1340. The molecule has 22 heteroatoms. The highest BCUT2D eigenvalue weighted by atomic mass is 32.2. The minimum Gasteiger partial charge on any atom is -0.394 e. The average molecular weight is 878 g/mol. The number of hydrogen-bond acceptors (Lipinski definition) is 15. The van der Waals surface area contributed by atoms with Gasteiger partial charge in [-0.1, -0.05) is 6.42 Å². The van der Waals surface area contributed by atoms with E-state index in [2.05, 4.69) is 37.2 Å². The van der Waals surface area contributed by atoms with E-state index in [-0.39, 0.29) is 67.9 Å². The number of urea groups is 1. The third kappa shape index (κ3) is 19.6. The average Bonchev–Trinajstić information content (AvgIpc) is 3.77. The SMILES string of the molecule is CC(=O)N[C@H]1[C@@H](OCCCC[C@H](NC(C)=O)C(=O)NCCCNC(=O)CCOCCOCCOCCNC(=O)CCCC[C@@H]2SC[C@@H]3NC(=O)N[C@@H]32)O[C@H](CO)[C@H](O)[C@@H]1O. The van der Waals surface area contributed by atoms with Crippen molar-refractivity contribution in [3.8, 4) is 0 Å². The predicted molar refractivity (Wildman–Crippen MR) is 217 cm³/mol. The van der Waals surface area contributed by atoms with Gasteiger partial charge in [-0.25, -0.2) is 4.79 Å². The molecule has 3 fully saturated rings. The van der Waals surface area contributed by atoms with Crippen molar-refractivity contribution >= 4 is 47.3 Å². The lowest BCUT2D eigenvalue weighted by molar-refractivity contribution is -0.270. The maximum Gasteiger partial charge on any atom is 0.315 e. The molecular formula is C38H67N7O14S. The van der Waals surface area contributed by atoms with Crippen molar-refractivity contribution in [2.75, 3.05) is 78.2 Å². The summed E-state index contributed by atoms with van der Waals surface area (Å²) < 4.78 is 27.7. The van der Waals surface area contributed by atoms with Crippen molar-refractivity contribution in [1.82, 2.24) is 37.2 Å². The fourth-order valence-electron chi connectivity index (χ4n) is 6.85. The van der Waals surface area contributed by atoms with Crippen LogP contribution in [-0.4, -0.2) is 183 Å². The Balaban J connectivity index is 1.10. The first-order valence-electron chi connectivity index (χ1n) is 20.9. The van der Waals surface area contributed by atoms with Crippen molar-refractivity contribution < 1.29 is 67.8 Å². The van der Waals surface area contributed by atoms with Gasteiger partial charge in [0.1, 0.15) is 30.4 Å². The Kier molecular flexibility index (Phi) is 24.7. The predicted octanol–water partition coefficient (Wildman–Crippen LogP) is -2.47. The molecular weight excluding hydrogens is 811 g/mol. The highest BCUT2D eigenvalue weighted by Crippen LogP contribution is 2.33. The number of hydrogen-bond donors (Lipinski definition) is 10. The van der Waals surface area contributed by atoms with Crippen LogP contribution in [0.15, 0.2) is 0 Å². The largest absolute Gasteiger partial charge is 0.394 e. The number of fused-ring (bicyclic) bond motifs is 1. The lowest BCUT2D eigenvalue weighted by Gasteiger charge is -2.42. The summed E-state index contributed by atoms with van der Waals surface area (Å²) in [6.45, 7) is 5.16. The van der Waals surface area contributed by atoms with E-state index in [1.165, 1.54) is 13.8 Å². The maximum absolute atomic E-state index is 12.8. The third-order valence-corrected chi connectivity index (χ3v) is 11.5. The second-order valence-electron chi connectivity index (χ2n) is 14.9. The van der Waals surface area contributed by atoms with E-state index in [0.717, 1.165) is 25.0 Å². The minimum atomic E-state index is -1.42. The summed E-state index contributed by atoms with van der Waals surface area (Å²) in [5.74, 6) is -0.471. The molecule has 0 unspecified atom stereocenters. The number of nitrogens with one attached hydrogen (secondary N) is 7. The zero-order valence-electron chi connectivity index (χ0n) is 34.8. The first-order valence-corrected chi connectivity index (χ1v) is 22.0. The normalized spacial score (nSPS) is 25.1. The Morgan fingerprint density at radius 3 is 2.18 bits per heavy atom. The molecule has 3 aliphatic heterocycles. The molecule has 0 aromatic carbocycles. The summed E-state index contributed by atoms with van der Waals surface area (Å²) in [6, 6.07) is -1.52. The van der Waals surface area contributed by atoms with Gasteiger partial charge in [0.15, 0.2) is 6.29 Å². The number of ether oxygens (including phenoxy) is 5. The monoisotopic (exact) mass is 877 g/mol. The molecule has 7 amide bonds. The summed E-state index contributed by atoms with van der Waals surface area (Å²) in [6.07, 6.45) is -0.0299. The van der Waals surface area contributed by atoms with Gasteiger partial charge in [-0.15, -0.1) is 0 Å². The molecule has 0 radical (unpaired) electrons. The minimum absolute atomic E-state index is 0.00139. The van der Waals surface area contributed by atoms with E-state index in [0.29, 0.717) is 83.5 Å². The second kappa shape index (κ2) is 29.0. The van der Waals surface area contributed by atoms with Crippen LogP contribution in [0.4, 0.5) is 4.79 Å². The van der Waals surface area contributed by atoms with E-state index in [9.17, 15) is 44.1 Å². The third-order valence-electron chi connectivity index (χ3n) is 9.96. The number of thioether (sulfide) groups is 1. The van der Waals surface area contributed by atoms with E-state index < -0.39 is 49.2 Å². The molecule has 10 N–H and O–H groups in total. The van der Waals surface area contributed by atoms with Crippen LogP contribution >= 0.6 is 11.8 Å². The Morgan fingerprint density at radius 1 is 0.783 bits per heavy atom. The number of amides is 7. The molecule has 0 aromatic heterocycles. The molecule has 3 saturated heterocycles. The molecule has 0 saturated carbocycles. The van der Waals surface area contributed by atoms with Crippen LogP contribution in [0.5, 0.6) is 0 Å². The summed E-state index contributed by atoms with van der Waals surface area (Å²) in [4.78, 5) is 71.8. The van der Waals surface area contributed by atoms with Gasteiger partial charge in [-0.3, -0.25) is 24.0 Å². The number of carbonyl (C=O) groups is 6. The molecule has 0 aromatic rings. The zero-order valence-corrected chi connectivity index (χ0v) is 35.6. The molecule has 3 aliphatic rings. The van der Waals surface area contributed by atoms with E-state index in [4.69, 9.17) is 23.7 Å². The van der Waals surface area contributed by atoms with E-state index in [1.54, 1.807) is 0 Å². The summed E-state index contributed by atoms with van der Waals surface area (Å²) in [5.41, 5.74) is 0. The van der Waals surface area contributed by atoms with Gasteiger partial charge < -0.3 is 76.2 Å². The number of unbranched alkanes of at least 4 members (excludes halogenated alkanes) is 2. The molecule has 60 heavy (non-hydrogen) atoms. The Labute approximate surface area is 355 Å². The van der Waals surface area contributed by atoms with Crippen LogP contribution in [0, 0.1) is 0 Å². The van der Waals surface area contributed by atoms with Crippen molar-refractivity contribution in [3.63, 3.8) is 0 Å². The van der Waals surface area contributed by atoms with Crippen LogP contribution < -0.4 is 37.2 Å². The van der Waals surface area contributed by atoms with E-state index in [1.807, 2.05) is 11.8 Å². The standard InChI is InChI=1S/C38H67N7O14S/c1-24(47)42-26(8-5-6-15-58-37-33(43-25(2)48)35(52)34(51)28(22-46)59-37)36(53)41-13-7-12-39-31(50)11-16-55-18-20-57-21-19-56-17-14-40-30(49)10-4-3-9-29-32-27(23-60-29)44-38(54)45-32/h26-29,32-35,37,46,51-52H,3-23H2,1-2H3,(H,39,50)(H,40,49)(H,41,53)(H,42,47)(H,43,48)(H2,44,45,54)/t26-,27-,28+,29-,32-,33+,34-,35+,37-/m0/s1. The van der Waals surface area contributed by atoms with Gasteiger partial charge >= 0.3 is 6.03 Å². The van der Waals surface area contributed by atoms with Crippen molar-refractivity contribution in [1.29, 1.82) is 0 Å².